The molecule has 0 bridgehead atoms. The van der Waals surface area contributed by atoms with Crippen molar-refractivity contribution in [3.8, 4) is 0 Å². The molecule has 5 heteroatoms. The minimum Gasteiger partial charge on any atom is -0.468 e. The first-order chi connectivity index (χ1) is 9.25. The van der Waals surface area contributed by atoms with Crippen molar-refractivity contribution in [1.82, 2.24) is 10.2 Å². The summed E-state index contributed by atoms with van der Waals surface area (Å²) in [6.07, 6.45) is 3.71. The largest absolute Gasteiger partial charge is 0.468 e. The zero-order valence-corrected chi connectivity index (χ0v) is 12.2. The molecule has 1 unspecified atom stereocenters. The number of amides is 1. The Kier molecular flexibility index (Phi) is 5.79. The molecular weight excluding hydrogens is 260 g/mol. The molecule has 1 aromatic rings. The fraction of sp³-hybridized carbons (Fsp3) is 0.643. The standard InChI is InChI=1S/C14H22N2O2S/c1-16-7-5-12(10-16)14(17)15-6-3-9-19-11-13-4-2-8-18-13/h2,4,8,12H,3,5-7,9-11H2,1H3,(H,15,17). The molecule has 1 aliphatic rings. The van der Waals surface area contributed by atoms with Gasteiger partial charge in [0.1, 0.15) is 5.76 Å². The summed E-state index contributed by atoms with van der Waals surface area (Å²) in [4.78, 5) is 14.1. The van der Waals surface area contributed by atoms with Crippen LogP contribution < -0.4 is 5.32 Å². The maximum absolute atomic E-state index is 11.9. The lowest BCUT2D eigenvalue weighted by Gasteiger charge is -2.11. The molecule has 0 aromatic carbocycles. The number of hydrogen-bond donors (Lipinski definition) is 1. The Labute approximate surface area is 118 Å². The van der Waals surface area contributed by atoms with Crippen molar-refractivity contribution < 1.29 is 9.21 Å². The highest BCUT2D eigenvalue weighted by atomic mass is 32.2. The third-order valence-corrected chi connectivity index (χ3v) is 4.42. The Morgan fingerprint density at radius 3 is 3.21 bits per heavy atom. The van der Waals surface area contributed by atoms with Crippen molar-refractivity contribution >= 4 is 17.7 Å². The monoisotopic (exact) mass is 282 g/mol. The first kappa shape index (κ1) is 14.5. The van der Waals surface area contributed by atoms with Crippen LogP contribution in [-0.4, -0.2) is 43.2 Å². The van der Waals surface area contributed by atoms with Crippen LogP contribution in [0.5, 0.6) is 0 Å². The van der Waals surface area contributed by atoms with E-state index < -0.39 is 0 Å². The Bertz CT molecular complexity index is 381. The van der Waals surface area contributed by atoms with E-state index in [1.54, 1.807) is 6.26 Å². The van der Waals surface area contributed by atoms with E-state index in [9.17, 15) is 4.79 Å². The summed E-state index contributed by atoms with van der Waals surface area (Å²) in [6.45, 7) is 2.72. The number of carbonyl (C=O) groups is 1. The van der Waals surface area contributed by atoms with E-state index in [-0.39, 0.29) is 11.8 Å². The van der Waals surface area contributed by atoms with Gasteiger partial charge in [-0.3, -0.25) is 4.79 Å². The van der Waals surface area contributed by atoms with Gasteiger partial charge in [0, 0.05) is 13.1 Å². The van der Waals surface area contributed by atoms with Crippen LogP contribution in [0.1, 0.15) is 18.6 Å². The molecule has 1 N–H and O–H groups in total. The van der Waals surface area contributed by atoms with Crippen molar-refractivity contribution in [3.63, 3.8) is 0 Å². The Morgan fingerprint density at radius 2 is 2.53 bits per heavy atom. The summed E-state index contributed by atoms with van der Waals surface area (Å²) in [5.41, 5.74) is 0. The number of rotatable bonds is 7. The summed E-state index contributed by atoms with van der Waals surface area (Å²) >= 11 is 1.84. The molecule has 1 aliphatic heterocycles. The van der Waals surface area contributed by atoms with Crippen LogP contribution >= 0.6 is 11.8 Å². The van der Waals surface area contributed by atoms with Gasteiger partial charge >= 0.3 is 0 Å². The van der Waals surface area contributed by atoms with Crippen molar-refractivity contribution in [1.29, 1.82) is 0 Å². The molecule has 4 nitrogen and oxygen atoms in total. The Morgan fingerprint density at radius 1 is 1.63 bits per heavy atom. The predicted molar refractivity (Wildman–Crippen MR) is 78.1 cm³/mol. The van der Waals surface area contributed by atoms with Gasteiger partial charge in [0.25, 0.3) is 0 Å². The molecule has 1 saturated heterocycles. The molecule has 0 radical (unpaired) electrons. The molecule has 1 aromatic heterocycles. The number of likely N-dealkylation sites (tertiary alicyclic amines) is 1. The fourth-order valence-electron chi connectivity index (χ4n) is 2.25. The van der Waals surface area contributed by atoms with Gasteiger partial charge in [-0.15, -0.1) is 0 Å². The van der Waals surface area contributed by atoms with Crippen LogP contribution in [0.2, 0.25) is 0 Å². The van der Waals surface area contributed by atoms with Gasteiger partial charge in [0.2, 0.25) is 5.91 Å². The average molecular weight is 282 g/mol. The molecule has 106 valence electrons. The molecule has 2 heterocycles. The number of nitrogens with one attached hydrogen (secondary N) is 1. The highest BCUT2D eigenvalue weighted by Gasteiger charge is 2.25. The van der Waals surface area contributed by atoms with Crippen LogP contribution in [0.4, 0.5) is 0 Å². The second kappa shape index (κ2) is 7.60. The van der Waals surface area contributed by atoms with Gasteiger partial charge in [-0.1, -0.05) is 0 Å². The predicted octanol–water partition coefficient (Wildman–Crippen LogP) is 1.97. The first-order valence-electron chi connectivity index (χ1n) is 6.82. The quantitative estimate of drug-likeness (QED) is 0.777. The maximum atomic E-state index is 11.9. The molecule has 1 atom stereocenters. The minimum absolute atomic E-state index is 0.195. The summed E-state index contributed by atoms with van der Waals surface area (Å²) in [6, 6.07) is 3.90. The van der Waals surface area contributed by atoms with Crippen molar-refractivity contribution in [2.45, 2.75) is 18.6 Å². The summed E-state index contributed by atoms with van der Waals surface area (Å²) < 4.78 is 5.26. The second-order valence-corrected chi connectivity index (χ2v) is 6.13. The summed E-state index contributed by atoms with van der Waals surface area (Å²) in [7, 11) is 2.07. The molecule has 1 fully saturated rings. The van der Waals surface area contributed by atoms with Gasteiger partial charge in [0.05, 0.1) is 17.9 Å². The Hall–Kier alpha value is -0.940. The van der Waals surface area contributed by atoms with Crippen molar-refractivity contribution in [2.75, 3.05) is 32.4 Å². The zero-order valence-electron chi connectivity index (χ0n) is 11.4. The van der Waals surface area contributed by atoms with Crippen LogP contribution in [0.15, 0.2) is 22.8 Å². The molecule has 0 aliphatic carbocycles. The molecule has 0 saturated carbocycles. The van der Waals surface area contributed by atoms with E-state index >= 15 is 0 Å². The number of thioether (sulfide) groups is 1. The van der Waals surface area contributed by atoms with Gasteiger partial charge in [-0.25, -0.2) is 0 Å². The number of furan rings is 1. The average Bonchev–Trinajstić information content (AvgIpc) is 3.04. The van der Waals surface area contributed by atoms with E-state index in [2.05, 4.69) is 17.3 Å². The normalized spacial score (nSPS) is 19.7. The molecule has 0 spiro atoms. The van der Waals surface area contributed by atoms with E-state index in [4.69, 9.17) is 4.42 Å². The lowest BCUT2D eigenvalue weighted by Crippen LogP contribution is -2.33. The lowest BCUT2D eigenvalue weighted by atomic mass is 10.1. The van der Waals surface area contributed by atoms with E-state index in [1.165, 1.54) is 0 Å². The lowest BCUT2D eigenvalue weighted by molar-refractivity contribution is -0.124. The molecule has 2 rings (SSSR count). The van der Waals surface area contributed by atoms with Crippen LogP contribution in [0.25, 0.3) is 0 Å². The number of hydrogen-bond acceptors (Lipinski definition) is 4. The maximum Gasteiger partial charge on any atom is 0.224 e. The van der Waals surface area contributed by atoms with E-state index in [0.29, 0.717) is 0 Å². The van der Waals surface area contributed by atoms with Crippen molar-refractivity contribution in [3.05, 3.63) is 24.2 Å². The van der Waals surface area contributed by atoms with Gasteiger partial charge < -0.3 is 14.6 Å². The minimum atomic E-state index is 0.195. The first-order valence-corrected chi connectivity index (χ1v) is 7.97. The van der Waals surface area contributed by atoms with Gasteiger partial charge in [0.15, 0.2) is 0 Å². The molecular formula is C14H22N2O2S. The van der Waals surface area contributed by atoms with Crippen molar-refractivity contribution in [2.24, 2.45) is 5.92 Å². The third kappa shape index (κ3) is 4.91. The van der Waals surface area contributed by atoms with Gasteiger partial charge in [-0.05, 0) is 44.3 Å². The van der Waals surface area contributed by atoms with Gasteiger partial charge in [-0.2, -0.15) is 11.8 Å². The molecule has 19 heavy (non-hydrogen) atoms. The second-order valence-electron chi connectivity index (χ2n) is 5.02. The number of carbonyl (C=O) groups excluding carboxylic acids is 1. The van der Waals surface area contributed by atoms with Crippen LogP contribution in [0, 0.1) is 5.92 Å². The summed E-state index contributed by atoms with van der Waals surface area (Å²) in [5.74, 6) is 3.39. The highest BCUT2D eigenvalue weighted by Crippen LogP contribution is 2.15. The smallest absolute Gasteiger partial charge is 0.224 e. The Balaban J connectivity index is 1.48. The fourth-order valence-corrected chi connectivity index (χ4v) is 3.10. The van der Waals surface area contributed by atoms with E-state index in [0.717, 1.165) is 49.7 Å². The van der Waals surface area contributed by atoms with Crippen LogP contribution in [0.3, 0.4) is 0 Å². The molecule has 1 amide bonds. The third-order valence-electron chi connectivity index (χ3n) is 3.35. The van der Waals surface area contributed by atoms with Crippen LogP contribution in [-0.2, 0) is 10.5 Å². The van der Waals surface area contributed by atoms with E-state index in [1.807, 2.05) is 23.9 Å². The SMILES string of the molecule is CN1CCC(C(=O)NCCCSCc2ccco2)C1. The zero-order chi connectivity index (χ0) is 13.5. The highest BCUT2D eigenvalue weighted by molar-refractivity contribution is 7.98. The number of nitrogens with zero attached hydrogens (tertiary/aromatic N) is 1. The summed E-state index contributed by atoms with van der Waals surface area (Å²) in [5, 5.41) is 3.04. The topological polar surface area (TPSA) is 45.5 Å².